The van der Waals surface area contributed by atoms with Crippen LogP contribution in [-0.2, 0) is 11.3 Å². The van der Waals surface area contributed by atoms with Gasteiger partial charge in [-0.3, -0.25) is 4.79 Å². The van der Waals surface area contributed by atoms with Crippen LogP contribution in [-0.4, -0.2) is 17.1 Å². The van der Waals surface area contributed by atoms with E-state index in [1.165, 1.54) is 11.3 Å². The highest BCUT2D eigenvalue weighted by molar-refractivity contribution is 7.16. The molecule has 3 rings (SSSR count). The van der Waals surface area contributed by atoms with E-state index in [1.54, 1.807) is 0 Å². The predicted molar refractivity (Wildman–Crippen MR) is 97.6 cm³/mol. The molecule has 0 atom stereocenters. The number of thiazole rings is 1. The quantitative estimate of drug-likeness (QED) is 0.681. The van der Waals surface area contributed by atoms with Crippen LogP contribution in [0.2, 0.25) is 5.02 Å². The molecule has 4 nitrogen and oxygen atoms in total. The number of carbonyl (C=O) groups is 1. The Bertz CT molecular complexity index is 916. The van der Waals surface area contributed by atoms with Crippen molar-refractivity contribution in [1.82, 2.24) is 4.57 Å². The summed E-state index contributed by atoms with van der Waals surface area (Å²) in [6.07, 6.45) is 0.955. The van der Waals surface area contributed by atoms with Crippen LogP contribution in [0.5, 0.6) is 5.75 Å². The van der Waals surface area contributed by atoms with Gasteiger partial charge in [-0.05, 0) is 36.8 Å². The molecular formula is C18H17ClN2O2S. The molecular weight excluding hydrogens is 344 g/mol. The Morgan fingerprint density at radius 1 is 1.25 bits per heavy atom. The zero-order valence-corrected chi connectivity index (χ0v) is 14.8. The largest absolute Gasteiger partial charge is 0.484 e. The van der Waals surface area contributed by atoms with Gasteiger partial charge in [-0.2, -0.15) is 4.99 Å². The van der Waals surface area contributed by atoms with Crippen molar-refractivity contribution in [2.24, 2.45) is 4.99 Å². The number of amides is 1. The number of ether oxygens (including phenoxy) is 1. The normalized spacial score (nSPS) is 11.8. The average molecular weight is 361 g/mol. The Morgan fingerprint density at radius 3 is 2.79 bits per heavy atom. The second-order valence-corrected chi connectivity index (χ2v) is 6.70. The highest BCUT2D eigenvalue weighted by Gasteiger charge is 2.08. The molecule has 24 heavy (non-hydrogen) atoms. The molecule has 0 N–H and O–H groups in total. The van der Waals surface area contributed by atoms with Gasteiger partial charge in [0.05, 0.1) is 10.2 Å². The number of hydrogen-bond donors (Lipinski definition) is 0. The number of rotatable bonds is 5. The summed E-state index contributed by atoms with van der Waals surface area (Å²) in [5.74, 6) is 0.354. The molecule has 0 saturated carbocycles. The van der Waals surface area contributed by atoms with Crippen LogP contribution in [0.25, 0.3) is 10.2 Å². The summed E-state index contributed by atoms with van der Waals surface area (Å²) in [4.78, 5) is 17.1. The van der Waals surface area contributed by atoms with E-state index in [9.17, 15) is 4.79 Å². The van der Waals surface area contributed by atoms with E-state index in [2.05, 4.69) is 16.5 Å². The number of halogens is 1. The highest BCUT2D eigenvalue weighted by atomic mass is 35.5. The maximum atomic E-state index is 12.2. The Morgan fingerprint density at radius 2 is 2.04 bits per heavy atom. The molecule has 1 heterocycles. The molecule has 0 bridgehead atoms. The van der Waals surface area contributed by atoms with Crippen LogP contribution in [0.4, 0.5) is 0 Å². The third kappa shape index (κ3) is 3.86. The fourth-order valence-electron chi connectivity index (χ4n) is 2.37. The molecule has 2 aromatic carbocycles. The fourth-order valence-corrected chi connectivity index (χ4v) is 3.72. The highest BCUT2D eigenvalue weighted by Crippen LogP contribution is 2.22. The van der Waals surface area contributed by atoms with E-state index in [0.717, 1.165) is 23.2 Å². The van der Waals surface area contributed by atoms with E-state index < -0.39 is 0 Å². The van der Waals surface area contributed by atoms with Gasteiger partial charge in [0.1, 0.15) is 5.75 Å². The average Bonchev–Trinajstić information content (AvgIpc) is 2.91. The molecule has 0 fully saturated rings. The van der Waals surface area contributed by atoms with Gasteiger partial charge in [-0.1, -0.05) is 48.1 Å². The minimum Gasteiger partial charge on any atom is -0.484 e. The maximum absolute atomic E-state index is 12.2. The molecule has 0 spiro atoms. The van der Waals surface area contributed by atoms with Gasteiger partial charge >= 0.3 is 0 Å². The molecule has 0 aliphatic rings. The van der Waals surface area contributed by atoms with Crippen molar-refractivity contribution in [3.63, 3.8) is 0 Å². The number of aromatic nitrogens is 1. The van der Waals surface area contributed by atoms with Gasteiger partial charge in [0.25, 0.3) is 5.91 Å². The van der Waals surface area contributed by atoms with Crippen LogP contribution in [0.1, 0.15) is 13.3 Å². The Hall–Kier alpha value is -2.11. The molecule has 0 saturated heterocycles. The topological polar surface area (TPSA) is 43.6 Å². The first kappa shape index (κ1) is 16.7. The summed E-state index contributed by atoms with van der Waals surface area (Å²) in [6.45, 7) is 2.81. The fraction of sp³-hybridized carbons (Fsp3) is 0.222. The molecule has 6 heteroatoms. The number of fused-ring (bicyclic) bond motifs is 1. The molecule has 1 aromatic heterocycles. The van der Waals surface area contributed by atoms with Gasteiger partial charge in [0.15, 0.2) is 11.4 Å². The zero-order chi connectivity index (χ0) is 16.9. The first-order valence-corrected chi connectivity index (χ1v) is 8.91. The van der Waals surface area contributed by atoms with E-state index in [1.807, 2.05) is 48.5 Å². The number of nitrogens with zero attached hydrogens (tertiary/aromatic N) is 2. The number of para-hydroxylation sites is 1. The molecule has 0 unspecified atom stereocenters. The van der Waals surface area contributed by atoms with Crippen molar-refractivity contribution in [2.75, 3.05) is 6.61 Å². The van der Waals surface area contributed by atoms with Crippen LogP contribution < -0.4 is 9.54 Å². The standard InChI is InChI=1S/C18H17ClN2O2S/c1-2-10-21-15-9-8-13(19)11-16(15)24-18(21)20-17(22)12-23-14-6-4-3-5-7-14/h3-9,11H,2,10,12H2,1H3. The third-order valence-electron chi connectivity index (χ3n) is 3.42. The zero-order valence-electron chi connectivity index (χ0n) is 13.2. The Labute approximate surface area is 149 Å². The number of aryl methyl sites for hydroxylation is 1. The smallest absolute Gasteiger partial charge is 0.286 e. The lowest BCUT2D eigenvalue weighted by Gasteiger charge is -2.03. The molecule has 0 aliphatic heterocycles. The maximum Gasteiger partial charge on any atom is 0.286 e. The van der Waals surface area contributed by atoms with Crippen molar-refractivity contribution in [3.8, 4) is 5.75 Å². The summed E-state index contributed by atoms with van der Waals surface area (Å²) < 4.78 is 8.54. The summed E-state index contributed by atoms with van der Waals surface area (Å²) in [5, 5.41) is 0.678. The van der Waals surface area contributed by atoms with Crippen LogP contribution in [0.3, 0.4) is 0 Å². The van der Waals surface area contributed by atoms with Crippen molar-refractivity contribution in [3.05, 3.63) is 58.4 Å². The SMILES string of the molecule is CCCn1c(=NC(=O)COc2ccccc2)sc2cc(Cl)ccc21. The molecule has 3 aromatic rings. The van der Waals surface area contributed by atoms with Crippen LogP contribution in [0, 0.1) is 0 Å². The number of carbonyl (C=O) groups excluding carboxylic acids is 1. The van der Waals surface area contributed by atoms with Crippen LogP contribution in [0.15, 0.2) is 53.5 Å². The molecule has 0 aliphatic carbocycles. The number of benzene rings is 2. The van der Waals surface area contributed by atoms with Gasteiger partial charge in [-0.15, -0.1) is 0 Å². The summed E-state index contributed by atoms with van der Waals surface area (Å²) in [7, 11) is 0. The van der Waals surface area contributed by atoms with E-state index >= 15 is 0 Å². The monoisotopic (exact) mass is 360 g/mol. The summed E-state index contributed by atoms with van der Waals surface area (Å²) in [6, 6.07) is 15.0. The van der Waals surface area contributed by atoms with Crippen molar-refractivity contribution in [2.45, 2.75) is 19.9 Å². The lowest BCUT2D eigenvalue weighted by atomic mass is 10.3. The van der Waals surface area contributed by atoms with Gasteiger partial charge in [-0.25, -0.2) is 0 Å². The third-order valence-corrected chi connectivity index (χ3v) is 4.69. The first-order valence-electron chi connectivity index (χ1n) is 7.71. The molecule has 124 valence electrons. The van der Waals surface area contributed by atoms with Crippen molar-refractivity contribution >= 4 is 39.1 Å². The van der Waals surface area contributed by atoms with Crippen LogP contribution >= 0.6 is 22.9 Å². The lowest BCUT2D eigenvalue weighted by Crippen LogP contribution is -2.19. The second-order valence-electron chi connectivity index (χ2n) is 5.26. The molecule has 0 radical (unpaired) electrons. The van der Waals surface area contributed by atoms with Gasteiger partial charge in [0, 0.05) is 11.6 Å². The summed E-state index contributed by atoms with van der Waals surface area (Å²) >= 11 is 7.52. The van der Waals surface area contributed by atoms with Crippen molar-refractivity contribution < 1.29 is 9.53 Å². The van der Waals surface area contributed by atoms with E-state index in [-0.39, 0.29) is 12.5 Å². The first-order chi connectivity index (χ1) is 11.7. The Kier molecular flexibility index (Phi) is 5.33. The predicted octanol–water partition coefficient (Wildman–Crippen LogP) is 4.27. The number of hydrogen-bond acceptors (Lipinski definition) is 3. The van der Waals surface area contributed by atoms with E-state index in [4.69, 9.17) is 16.3 Å². The summed E-state index contributed by atoms with van der Waals surface area (Å²) in [5.41, 5.74) is 1.04. The minimum absolute atomic E-state index is 0.0782. The lowest BCUT2D eigenvalue weighted by molar-refractivity contribution is -0.120. The Balaban J connectivity index is 1.88. The van der Waals surface area contributed by atoms with Crippen molar-refractivity contribution in [1.29, 1.82) is 0 Å². The van der Waals surface area contributed by atoms with Gasteiger partial charge < -0.3 is 9.30 Å². The van der Waals surface area contributed by atoms with Gasteiger partial charge in [0.2, 0.25) is 0 Å². The molecule has 1 amide bonds. The second kappa shape index (κ2) is 7.64. The van der Waals surface area contributed by atoms with E-state index in [0.29, 0.717) is 15.6 Å². The minimum atomic E-state index is -0.304.